The van der Waals surface area contributed by atoms with Crippen molar-refractivity contribution in [1.82, 2.24) is 0 Å². The first kappa shape index (κ1) is 10.5. The average molecular weight is 322 g/mol. The quantitative estimate of drug-likeness (QED) is 0.779. The van der Waals surface area contributed by atoms with Crippen molar-refractivity contribution in [2.24, 2.45) is 0 Å². The number of hydrogen-bond donors (Lipinski definition) is 0. The SMILES string of the molecule is COc1ccc(Br)cc1C1(Br)COC1. The first-order valence-corrected chi connectivity index (χ1v) is 5.85. The van der Waals surface area contributed by atoms with Crippen molar-refractivity contribution in [3.63, 3.8) is 0 Å². The van der Waals surface area contributed by atoms with Crippen LogP contribution in [-0.4, -0.2) is 20.3 Å². The van der Waals surface area contributed by atoms with Crippen LogP contribution in [0.2, 0.25) is 0 Å². The Hall–Kier alpha value is -0.0600. The van der Waals surface area contributed by atoms with Gasteiger partial charge >= 0.3 is 0 Å². The van der Waals surface area contributed by atoms with E-state index in [4.69, 9.17) is 9.47 Å². The first-order chi connectivity index (χ1) is 6.65. The van der Waals surface area contributed by atoms with Crippen LogP contribution in [0.4, 0.5) is 0 Å². The minimum Gasteiger partial charge on any atom is -0.496 e. The summed E-state index contributed by atoms with van der Waals surface area (Å²) in [5.74, 6) is 0.897. The minimum absolute atomic E-state index is 0.0673. The lowest BCUT2D eigenvalue weighted by atomic mass is 9.96. The van der Waals surface area contributed by atoms with Crippen molar-refractivity contribution in [1.29, 1.82) is 0 Å². The lowest BCUT2D eigenvalue weighted by Gasteiger charge is -2.37. The van der Waals surface area contributed by atoms with Crippen LogP contribution in [0.25, 0.3) is 0 Å². The lowest BCUT2D eigenvalue weighted by Crippen LogP contribution is -2.41. The molecule has 0 bridgehead atoms. The summed E-state index contributed by atoms with van der Waals surface area (Å²) in [5.41, 5.74) is 1.14. The molecule has 0 atom stereocenters. The molecule has 1 heterocycles. The standard InChI is InChI=1S/C10H10Br2O2/c1-13-9-3-2-7(11)4-8(9)10(12)5-14-6-10/h2-4H,5-6H2,1H3. The van der Waals surface area contributed by atoms with Crippen molar-refractivity contribution in [3.8, 4) is 5.75 Å². The molecule has 1 fully saturated rings. The molecule has 2 rings (SSSR count). The van der Waals surface area contributed by atoms with E-state index in [1.807, 2.05) is 12.1 Å². The number of alkyl halides is 1. The van der Waals surface area contributed by atoms with Crippen molar-refractivity contribution in [2.75, 3.05) is 20.3 Å². The Morgan fingerprint density at radius 2 is 2.14 bits per heavy atom. The zero-order chi connectivity index (χ0) is 10.2. The molecule has 0 unspecified atom stereocenters. The van der Waals surface area contributed by atoms with E-state index in [2.05, 4.69) is 37.9 Å². The van der Waals surface area contributed by atoms with Gasteiger partial charge in [0.05, 0.1) is 20.3 Å². The highest BCUT2D eigenvalue weighted by atomic mass is 79.9. The summed E-state index contributed by atoms with van der Waals surface area (Å²) in [6.45, 7) is 1.39. The number of methoxy groups -OCH3 is 1. The van der Waals surface area contributed by atoms with Gasteiger partial charge in [-0.15, -0.1) is 0 Å². The lowest BCUT2D eigenvalue weighted by molar-refractivity contribution is -0.00791. The predicted molar refractivity (Wildman–Crippen MR) is 62.1 cm³/mol. The fourth-order valence-corrected chi connectivity index (χ4v) is 2.46. The maximum absolute atomic E-state index is 5.32. The average Bonchev–Trinajstić information content (AvgIpc) is 2.14. The van der Waals surface area contributed by atoms with E-state index in [0.29, 0.717) is 13.2 Å². The molecular formula is C10H10Br2O2. The third kappa shape index (κ3) is 1.71. The number of benzene rings is 1. The van der Waals surface area contributed by atoms with Crippen LogP contribution < -0.4 is 4.74 Å². The third-order valence-corrected chi connectivity index (χ3v) is 3.68. The molecule has 0 saturated carbocycles. The summed E-state index contributed by atoms with van der Waals surface area (Å²) in [7, 11) is 1.68. The number of rotatable bonds is 2. The molecule has 14 heavy (non-hydrogen) atoms. The topological polar surface area (TPSA) is 18.5 Å². The monoisotopic (exact) mass is 320 g/mol. The molecule has 0 N–H and O–H groups in total. The number of halogens is 2. The van der Waals surface area contributed by atoms with Gasteiger partial charge < -0.3 is 9.47 Å². The number of hydrogen-bond acceptors (Lipinski definition) is 2. The Morgan fingerprint density at radius 3 is 2.64 bits per heavy atom. The van der Waals surface area contributed by atoms with E-state index in [1.165, 1.54) is 0 Å². The van der Waals surface area contributed by atoms with Gasteiger partial charge in [-0.2, -0.15) is 0 Å². The van der Waals surface area contributed by atoms with Crippen molar-refractivity contribution in [2.45, 2.75) is 4.32 Å². The van der Waals surface area contributed by atoms with Gasteiger partial charge in [-0.1, -0.05) is 31.9 Å². The van der Waals surface area contributed by atoms with E-state index in [1.54, 1.807) is 7.11 Å². The predicted octanol–water partition coefficient (Wildman–Crippen LogP) is 3.08. The Kier molecular flexibility index (Phi) is 2.86. The zero-order valence-corrected chi connectivity index (χ0v) is 10.9. The van der Waals surface area contributed by atoms with Gasteiger partial charge in [-0.25, -0.2) is 0 Å². The number of ether oxygens (including phenoxy) is 2. The van der Waals surface area contributed by atoms with E-state index in [0.717, 1.165) is 15.8 Å². The van der Waals surface area contributed by atoms with Crippen molar-refractivity contribution in [3.05, 3.63) is 28.2 Å². The van der Waals surface area contributed by atoms with Crippen LogP contribution in [0.1, 0.15) is 5.56 Å². The normalized spacial score (nSPS) is 18.8. The molecule has 0 spiro atoms. The van der Waals surface area contributed by atoms with E-state index >= 15 is 0 Å². The molecule has 1 aromatic carbocycles. The summed E-state index contributed by atoms with van der Waals surface area (Å²) in [5, 5.41) is 0. The molecule has 1 aliphatic heterocycles. The summed E-state index contributed by atoms with van der Waals surface area (Å²) in [6, 6.07) is 6.00. The molecular weight excluding hydrogens is 312 g/mol. The zero-order valence-electron chi connectivity index (χ0n) is 7.72. The van der Waals surface area contributed by atoms with E-state index < -0.39 is 0 Å². The van der Waals surface area contributed by atoms with Crippen molar-refractivity contribution < 1.29 is 9.47 Å². The maximum atomic E-state index is 5.32. The molecule has 0 radical (unpaired) electrons. The molecule has 0 amide bonds. The summed E-state index contributed by atoms with van der Waals surface area (Å²) < 4.78 is 11.5. The summed E-state index contributed by atoms with van der Waals surface area (Å²) in [4.78, 5) is 0. The van der Waals surface area contributed by atoms with Gasteiger partial charge in [-0.05, 0) is 18.2 Å². The van der Waals surface area contributed by atoms with Crippen LogP contribution in [0.15, 0.2) is 22.7 Å². The second-order valence-electron chi connectivity index (χ2n) is 3.30. The molecule has 4 heteroatoms. The van der Waals surface area contributed by atoms with Gasteiger partial charge in [0.2, 0.25) is 0 Å². The second-order valence-corrected chi connectivity index (χ2v) is 5.74. The van der Waals surface area contributed by atoms with Crippen LogP contribution in [0, 0.1) is 0 Å². The molecule has 1 saturated heterocycles. The van der Waals surface area contributed by atoms with Crippen LogP contribution in [-0.2, 0) is 9.06 Å². The largest absolute Gasteiger partial charge is 0.496 e. The van der Waals surface area contributed by atoms with Crippen LogP contribution in [0.3, 0.4) is 0 Å². The molecule has 76 valence electrons. The molecule has 1 aliphatic rings. The Labute approximate surface area is 99.8 Å². The Morgan fingerprint density at radius 1 is 1.43 bits per heavy atom. The summed E-state index contributed by atoms with van der Waals surface area (Å²) >= 11 is 7.13. The van der Waals surface area contributed by atoms with Gasteiger partial charge in [-0.3, -0.25) is 0 Å². The fourth-order valence-electron chi connectivity index (χ4n) is 1.47. The Balaban J connectivity index is 2.43. The molecule has 2 nitrogen and oxygen atoms in total. The van der Waals surface area contributed by atoms with Crippen LogP contribution in [0.5, 0.6) is 5.75 Å². The summed E-state index contributed by atoms with van der Waals surface area (Å²) in [6.07, 6.45) is 0. The van der Waals surface area contributed by atoms with Gasteiger partial charge in [0.15, 0.2) is 0 Å². The minimum atomic E-state index is -0.0673. The van der Waals surface area contributed by atoms with E-state index in [9.17, 15) is 0 Å². The highest BCUT2D eigenvalue weighted by Gasteiger charge is 2.39. The van der Waals surface area contributed by atoms with Gasteiger partial charge in [0.1, 0.15) is 10.1 Å². The van der Waals surface area contributed by atoms with Crippen molar-refractivity contribution >= 4 is 31.9 Å². The van der Waals surface area contributed by atoms with Gasteiger partial charge in [0.25, 0.3) is 0 Å². The highest BCUT2D eigenvalue weighted by molar-refractivity contribution is 9.10. The molecule has 0 aromatic heterocycles. The molecule has 0 aliphatic carbocycles. The van der Waals surface area contributed by atoms with E-state index in [-0.39, 0.29) is 4.32 Å². The first-order valence-electron chi connectivity index (χ1n) is 4.26. The maximum Gasteiger partial charge on any atom is 0.123 e. The second kappa shape index (κ2) is 3.83. The highest BCUT2D eigenvalue weighted by Crippen LogP contribution is 2.43. The fraction of sp³-hybridized carbons (Fsp3) is 0.400. The smallest absolute Gasteiger partial charge is 0.123 e. The molecule has 1 aromatic rings. The van der Waals surface area contributed by atoms with Crippen LogP contribution >= 0.6 is 31.9 Å². The van der Waals surface area contributed by atoms with Gasteiger partial charge in [0, 0.05) is 10.0 Å². The Bertz CT molecular complexity index is 348. The third-order valence-electron chi connectivity index (χ3n) is 2.31.